The van der Waals surface area contributed by atoms with Crippen molar-refractivity contribution in [2.45, 2.75) is 32.3 Å². The monoisotopic (exact) mass is 304 g/mol. The molecule has 1 aromatic carbocycles. The molecule has 0 amide bonds. The standard InChI is InChI=1S/C16H20N2O2S/c1-16(2,20)12-3-4-14-13(9-12)17-15(21-14)18-7-5-11(10-19)6-8-18/h3-4,9-11,20H,5-8H2,1-2H3. The lowest BCUT2D eigenvalue weighted by atomic mass is 9.98. The minimum absolute atomic E-state index is 0.206. The van der Waals surface area contributed by atoms with Crippen molar-refractivity contribution in [3.05, 3.63) is 23.8 Å². The highest BCUT2D eigenvalue weighted by Crippen LogP contribution is 2.33. The first kappa shape index (κ1) is 14.5. The van der Waals surface area contributed by atoms with E-state index in [1.807, 2.05) is 18.2 Å². The molecule has 1 aliphatic rings. The maximum Gasteiger partial charge on any atom is 0.186 e. The number of aliphatic hydroxyl groups is 1. The van der Waals surface area contributed by atoms with E-state index in [-0.39, 0.29) is 5.92 Å². The molecule has 1 N–H and O–H groups in total. The van der Waals surface area contributed by atoms with Crippen molar-refractivity contribution in [3.8, 4) is 0 Å². The van der Waals surface area contributed by atoms with Gasteiger partial charge in [-0.3, -0.25) is 0 Å². The molecule has 5 heteroatoms. The number of aldehydes is 1. The Kier molecular flexibility index (Phi) is 3.71. The van der Waals surface area contributed by atoms with Crippen molar-refractivity contribution in [1.29, 1.82) is 0 Å². The van der Waals surface area contributed by atoms with Crippen LogP contribution in [0.25, 0.3) is 10.2 Å². The number of carbonyl (C=O) groups excluding carboxylic acids is 1. The Bertz CT molecular complexity index is 652. The van der Waals surface area contributed by atoms with Crippen molar-refractivity contribution >= 4 is 33.0 Å². The summed E-state index contributed by atoms with van der Waals surface area (Å²) in [5.41, 5.74) is 0.971. The normalized spacial score (nSPS) is 17.4. The number of fused-ring (bicyclic) bond motifs is 1. The van der Waals surface area contributed by atoms with Crippen LogP contribution >= 0.6 is 11.3 Å². The molecule has 2 aromatic rings. The maximum atomic E-state index is 10.8. The molecule has 0 radical (unpaired) electrons. The molecule has 4 nitrogen and oxygen atoms in total. The summed E-state index contributed by atoms with van der Waals surface area (Å²) >= 11 is 1.68. The van der Waals surface area contributed by atoms with E-state index in [4.69, 9.17) is 4.98 Å². The van der Waals surface area contributed by atoms with Crippen LogP contribution in [0.4, 0.5) is 5.13 Å². The first-order chi connectivity index (χ1) is 9.97. The second-order valence-electron chi connectivity index (χ2n) is 6.20. The molecule has 3 rings (SSSR count). The second kappa shape index (κ2) is 5.39. The molecule has 0 bridgehead atoms. The highest BCUT2D eigenvalue weighted by molar-refractivity contribution is 7.22. The molecule has 0 saturated carbocycles. The van der Waals surface area contributed by atoms with Gasteiger partial charge in [0.15, 0.2) is 5.13 Å². The predicted octanol–water partition coefficient (Wildman–Crippen LogP) is 2.94. The zero-order valence-electron chi connectivity index (χ0n) is 12.4. The summed E-state index contributed by atoms with van der Waals surface area (Å²) in [4.78, 5) is 17.8. The Morgan fingerprint density at radius 3 is 2.71 bits per heavy atom. The molecule has 0 unspecified atom stereocenters. The van der Waals surface area contributed by atoms with Gasteiger partial charge in [0.1, 0.15) is 6.29 Å². The highest BCUT2D eigenvalue weighted by atomic mass is 32.1. The van der Waals surface area contributed by atoms with Crippen LogP contribution < -0.4 is 4.90 Å². The van der Waals surface area contributed by atoms with Crippen molar-refractivity contribution in [2.24, 2.45) is 5.92 Å². The van der Waals surface area contributed by atoms with Crippen molar-refractivity contribution in [3.63, 3.8) is 0 Å². The Morgan fingerprint density at radius 2 is 2.10 bits per heavy atom. The fraction of sp³-hybridized carbons (Fsp3) is 0.500. The molecule has 0 atom stereocenters. The topological polar surface area (TPSA) is 53.4 Å². The van der Waals surface area contributed by atoms with Crippen LogP contribution in [0.1, 0.15) is 32.3 Å². The molecule has 21 heavy (non-hydrogen) atoms. The van der Waals surface area contributed by atoms with Crippen molar-refractivity contribution < 1.29 is 9.90 Å². The number of hydrogen-bond donors (Lipinski definition) is 1. The number of thiazole rings is 1. The molecule has 1 aliphatic heterocycles. The third kappa shape index (κ3) is 2.94. The quantitative estimate of drug-likeness (QED) is 0.886. The molecule has 1 saturated heterocycles. The summed E-state index contributed by atoms with van der Waals surface area (Å²) in [6, 6.07) is 5.96. The van der Waals surface area contributed by atoms with E-state index in [9.17, 15) is 9.90 Å². The van der Waals surface area contributed by atoms with Crippen LogP contribution in [0.15, 0.2) is 18.2 Å². The molecule has 1 aromatic heterocycles. The molecule has 1 fully saturated rings. The lowest BCUT2D eigenvalue weighted by molar-refractivity contribution is -0.111. The van der Waals surface area contributed by atoms with E-state index in [0.717, 1.165) is 53.1 Å². The van der Waals surface area contributed by atoms with Gasteiger partial charge in [-0.05, 0) is 44.4 Å². The number of benzene rings is 1. The molecule has 0 aliphatic carbocycles. The largest absolute Gasteiger partial charge is 0.386 e. The molecule has 2 heterocycles. The number of piperidine rings is 1. The molecule has 112 valence electrons. The first-order valence-electron chi connectivity index (χ1n) is 7.31. The van der Waals surface area contributed by atoms with Crippen LogP contribution in [-0.2, 0) is 10.4 Å². The van der Waals surface area contributed by atoms with Gasteiger partial charge >= 0.3 is 0 Å². The van der Waals surface area contributed by atoms with Gasteiger partial charge in [0.2, 0.25) is 0 Å². The van der Waals surface area contributed by atoms with Gasteiger partial charge in [-0.1, -0.05) is 17.4 Å². The van der Waals surface area contributed by atoms with Crippen LogP contribution in [0.2, 0.25) is 0 Å². The zero-order chi connectivity index (χ0) is 15.0. The van der Waals surface area contributed by atoms with E-state index in [0.29, 0.717) is 0 Å². The molecular weight excluding hydrogens is 284 g/mol. The number of anilines is 1. The smallest absolute Gasteiger partial charge is 0.186 e. The average Bonchev–Trinajstić information content (AvgIpc) is 2.89. The Morgan fingerprint density at radius 1 is 1.38 bits per heavy atom. The van der Waals surface area contributed by atoms with E-state index in [1.54, 1.807) is 25.2 Å². The van der Waals surface area contributed by atoms with Gasteiger partial charge in [-0.15, -0.1) is 0 Å². The first-order valence-corrected chi connectivity index (χ1v) is 8.13. The fourth-order valence-corrected chi connectivity index (χ4v) is 3.66. The SMILES string of the molecule is CC(C)(O)c1ccc2sc(N3CCC(C=O)CC3)nc2c1. The maximum absolute atomic E-state index is 10.8. The number of carbonyl (C=O) groups is 1. The Labute approximate surface area is 128 Å². The molecule has 0 spiro atoms. The third-order valence-electron chi connectivity index (χ3n) is 4.09. The lowest BCUT2D eigenvalue weighted by Gasteiger charge is -2.29. The van der Waals surface area contributed by atoms with Gasteiger partial charge in [-0.2, -0.15) is 0 Å². The van der Waals surface area contributed by atoms with Gasteiger partial charge in [0.05, 0.1) is 15.8 Å². The van der Waals surface area contributed by atoms with Gasteiger partial charge in [0.25, 0.3) is 0 Å². The zero-order valence-corrected chi connectivity index (χ0v) is 13.2. The van der Waals surface area contributed by atoms with Crippen LogP contribution in [-0.4, -0.2) is 29.5 Å². The van der Waals surface area contributed by atoms with Gasteiger partial charge in [-0.25, -0.2) is 4.98 Å². The van der Waals surface area contributed by atoms with E-state index in [2.05, 4.69) is 4.90 Å². The number of aromatic nitrogens is 1. The van der Waals surface area contributed by atoms with E-state index >= 15 is 0 Å². The average molecular weight is 304 g/mol. The van der Waals surface area contributed by atoms with Crippen LogP contribution in [0.3, 0.4) is 0 Å². The Hall–Kier alpha value is -1.46. The van der Waals surface area contributed by atoms with Crippen LogP contribution in [0.5, 0.6) is 0 Å². The minimum Gasteiger partial charge on any atom is -0.386 e. The summed E-state index contributed by atoms with van der Waals surface area (Å²) in [6.07, 6.45) is 2.90. The fourth-order valence-electron chi connectivity index (χ4n) is 2.66. The van der Waals surface area contributed by atoms with Crippen molar-refractivity contribution in [2.75, 3.05) is 18.0 Å². The molecular formula is C16H20N2O2S. The van der Waals surface area contributed by atoms with Crippen molar-refractivity contribution in [1.82, 2.24) is 4.98 Å². The lowest BCUT2D eigenvalue weighted by Crippen LogP contribution is -2.33. The number of nitrogens with zero attached hydrogens (tertiary/aromatic N) is 2. The van der Waals surface area contributed by atoms with Crippen LogP contribution in [0, 0.1) is 5.92 Å². The summed E-state index contributed by atoms with van der Waals surface area (Å²) in [6.45, 7) is 5.35. The predicted molar refractivity (Wildman–Crippen MR) is 85.9 cm³/mol. The van der Waals surface area contributed by atoms with E-state index < -0.39 is 5.60 Å². The summed E-state index contributed by atoms with van der Waals surface area (Å²) < 4.78 is 1.13. The highest BCUT2D eigenvalue weighted by Gasteiger charge is 2.22. The number of hydrogen-bond acceptors (Lipinski definition) is 5. The Balaban J connectivity index is 1.86. The summed E-state index contributed by atoms with van der Waals surface area (Å²) in [7, 11) is 0. The van der Waals surface area contributed by atoms with E-state index in [1.165, 1.54) is 0 Å². The summed E-state index contributed by atoms with van der Waals surface area (Å²) in [5.74, 6) is 0.206. The third-order valence-corrected chi connectivity index (χ3v) is 5.18. The minimum atomic E-state index is -0.847. The van der Waals surface area contributed by atoms with Gasteiger partial charge in [0, 0.05) is 19.0 Å². The second-order valence-corrected chi connectivity index (χ2v) is 7.21. The summed E-state index contributed by atoms with van der Waals surface area (Å²) in [5, 5.41) is 11.1. The number of rotatable bonds is 3. The van der Waals surface area contributed by atoms with Gasteiger partial charge < -0.3 is 14.8 Å².